The van der Waals surface area contributed by atoms with E-state index in [1.54, 1.807) is 11.3 Å². The molecule has 0 fully saturated rings. The molecule has 0 spiro atoms. The Hall–Kier alpha value is -2.42. The van der Waals surface area contributed by atoms with Gasteiger partial charge in [0.15, 0.2) is 5.82 Å². The molecule has 3 heterocycles. The minimum atomic E-state index is 0.471. The van der Waals surface area contributed by atoms with Crippen LogP contribution in [0.4, 0.5) is 0 Å². The highest BCUT2D eigenvalue weighted by molar-refractivity contribution is 7.15. The number of nitrogens with zero attached hydrogens (tertiary/aromatic N) is 3. The first kappa shape index (κ1) is 14.2. The van der Waals surface area contributed by atoms with E-state index in [2.05, 4.69) is 45.0 Å². The summed E-state index contributed by atoms with van der Waals surface area (Å²) in [6.07, 6.45) is 6.58. The van der Waals surface area contributed by atoms with E-state index in [4.69, 9.17) is 11.2 Å². The van der Waals surface area contributed by atoms with Gasteiger partial charge in [0.1, 0.15) is 17.4 Å². The van der Waals surface area contributed by atoms with Crippen molar-refractivity contribution in [2.45, 2.75) is 26.6 Å². The number of benzene rings is 1. The molecule has 5 heteroatoms. The first-order valence-corrected chi connectivity index (χ1v) is 8.23. The molecule has 0 saturated heterocycles. The quantitative estimate of drug-likeness (QED) is 0.680. The minimum absolute atomic E-state index is 0.471. The van der Waals surface area contributed by atoms with Gasteiger partial charge in [-0.05, 0) is 24.5 Å². The van der Waals surface area contributed by atoms with Crippen molar-refractivity contribution >= 4 is 11.3 Å². The van der Waals surface area contributed by atoms with E-state index in [1.807, 2.05) is 13.0 Å². The summed E-state index contributed by atoms with van der Waals surface area (Å²) in [7, 11) is 0. The van der Waals surface area contributed by atoms with Crippen LogP contribution in [0.3, 0.4) is 0 Å². The number of thiophene rings is 1. The van der Waals surface area contributed by atoms with Crippen molar-refractivity contribution in [2.75, 3.05) is 0 Å². The highest BCUT2D eigenvalue weighted by Gasteiger charge is 2.25. The maximum absolute atomic E-state index is 5.81. The van der Waals surface area contributed by atoms with Crippen LogP contribution in [0.25, 0.3) is 5.00 Å². The Bertz CT molecular complexity index is 902. The van der Waals surface area contributed by atoms with Crippen molar-refractivity contribution in [1.29, 1.82) is 0 Å². The summed E-state index contributed by atoms with van der Waals surface area (Å²) in [6.45, 7) is 2.98. The lowest BCUT2D eigenvalue weighted by Gasteiger charge is -2.06. The Balaban J connectivity index is 1.88. The van der Waals surface area contributed by atoms with E-state index in [0.29, 0.717) is 13.2 Å². The third kappa shape index (κ3) is 2.37. The molecule has 0 N–H and O–H groups in total. The zero-order chi connectivity index (χ0) is 15.8. The predicted octanol–water partition coefficient (Wildman–Crippen LogP) is 3.24. The van der Waals surface area contributed by atoms with Crippen LogP contribution in [-0.2, 0) is 24.4 Å². The zero-order valence-electron chi connectivity index (χ0n) is 12.7. The van der Waals surface area contributed by atoms with Gasteiger partial charge in [-0.1, -0.05) is 36.3 Å². The minimum Gasteiger partial charge on any atom is -0.369 e. The van der Waals surface area contributed by atoms with E-state index in [9.17, 15) is 0 Å². The van der Waals surface area contributed by atoms with E-state index in [0.717, 1.165) is 33.5 Å². The van der Waals surface area contributed by atoms with E-state index in [1.165, 1.54) is 11.1 Å². The van der Waals surface area contributed by atoms with Crippen LogP contribution in [0.1, 0.15) is 33.2 Å². The van der Waals surface area contributed by atoms with E-state index in [-0.39, 0.29) is 0 Å². The smallest absolute Gasteiger partial charge is 0.164 e. The number of aromatic nitrogens is 3. The van der Waals surface area contributed by atoms with Gasteiger partial charge in [0, 0.05) is 5.56 Å². The van der Waals surface area contributed by atoms with Gasteiger partial charge in [0.05, 0.1) is 11.5 Å². The molecule has 1 aromatic carbocycles. The van der Waals surface area contributed by atoms with Crippen LogP contribution in [0, 0.1) is 19.3 Å². The first-order chi connectivity index (χ1) is 11.3. The maximum atomic E-state index is 5.81. The van der Waals surface area contributed by atoms with Crippen LogP contribution in [-0.4, -0.2) is 14.8 Å². The monoisotopic (exact) mass is 321 g/mol. The summed E-state index contributed by atoms with van der Waals surface area (Å²) < 4.78 is 7.88. The second-order valence-electron chi connectivity index (χ2n) is 5.49. The topological polar surface area (TPSA) is 39.9 Å². The van der Waals surface area contributed by atoms with Crippen LogP contribution < -0.4 is 0 Å². The van der Waals surface area contributed by atoms with Crippen LogP contribution in [0.5, 0.6) is 0 Å². The van der Waals surface area contributed by atoms with Crippen molar-refractivity contribution in [3.8, 4) is 17.3 Å². The summed E-state index contributed by atoms with van der Waals surface area (Å²) in [4.78, 5) is 0.961. The average Bonchev–Trinajstić information content (AvgIpc) is 3.03. The Kier molecular flexibility index (Phi) is 3.49. The molecule has 0 unspecified atom stereocenters. The van der Waals surface area contributed by atoms with Gasteiger partial charge < -0.3 is 4.74 Å². The maximum Gasteiger partial charge on any atom is 0.164 e. The second-order valence-corrected chi connectivity index (χ2v) is 6.49. The molecule has 0 radical (unpaired) electrons. The Labute approximate surface area is 138 Å². The number of aryl methyl sites for hydroxylation is 1. The normalized spacial score (nSPS) is 13.0. The average molecular weight is 321 g/mol. The van der Waals surface area contributed by atoms with Crippen LogP contribution >= 0.6 is 11.3 Å². The van der Waals surface area contributed by atoms with Gasteiger partial charge >= 0.3 is 0 Å². The Morgan fingerprint density at radius 1 is 1.26 bits per heavy atom. The van der Waals surface area contributed by atoms with Crippen molar-refractivity contribution in [1.82, 2.24) is 14.8 Å². The zero-order valence-corrected chi connectivity index (χ0v) is 13.6. The van der Waals surface area contributed by atoms with Crippen LogP contribution in [0.2, 0.25) is 0 Å². The largest absolute Gasteiger partial charge is 0.369 e. The molecule has 0 aliphatic carbocycles. The summed E-state index contributed by atoms with van der Waals surface area (Å²) in [6, 6.07) is 10.4. The Morgan fingerprint density at radius 2 is 2.09 bits per heavy atom. The molecule has 1 aliphatic heterocycles. The van der Waals surface area contributed by atoms with Gasteiger partial charge in [-0.3, -0.25) is 4.57 Å². The molecule has 4 nitrogen and oxygen atoms in total. The van der Waals surface area contributed by atoms with Gasteiger partial charge in [-0.15, -0.1) is 28.0 Å². The fraction of sp³-hybridized carbons (Fsp3) is 0.222. The highest BCUT2D eigenvalue weighted by Crippen LogP contribution is 2.36. The number of fused-ring (bicyclic) bond motifs is 3. The summed E-state index contributed by atoms with van der Waals surface area (Å²) >= 11 is 1.62. The lowest BCUT2D eigenvalue weighted by atomic mass is 10.0. The van der Waals surface area contributed by atoms with E-state index < -0.39 is 0 Å². The van der Waals surface area contributed by atoms with Crippen LogP contribution in [0.15, 0.2) is 30.3 Å². The third-order valence-corrected chi connectivity index (χ3v) is 5.21. The van der Waals surface area contributed by atoms with Gasteiger partial charge in [-0.25, -0.2) is 0 Å². The molecule has 3 aromatic rings. The first-order valence-electron chi connectivity index (χ1n) is 7.42. The molecule has 1 aliphatic rings. The molecular formula is C18H15N3OS. The fourth-order valence-electron chi connectivity index (χ4n) is 2.93. The summed E-state index contributed by atoms with van der Waals surface area (Å²) in [5.41, 5.74) is 3.59. The molecule has 114 valence electrons. The molecule has 2 aromatic heterocycles. The third-order valence-electron chi connectivity index (χ3n) is 4.02. The predicted molar refractivity (Wildman–Crippen MR) is 89.6 cm³/mol. The number of ether oxygens (including phenoxy) is 1. The molecule has 0 atom stereocenters. The number of hydrogen-bond acceptors (Lipinski definition) is 4. The SMILES string of the molecule is C#Cc1sc2c(c1Cc1ccccc1)COCc1nnc(C)n1-2. The highest BCUT2D eigenvalue weighted by atomic mass is 32.1. The molecule has 23 heavy (non-hydrogen) atoms. The molecule has 0 saturated carbocycles. The second kappa shape index (κ2) is 5.65. The fourth-order valence-corrected chi connectivity index (χ4v) is 4.13. The van der Waals surface area contributed by atoms with Gasteiger partial charge in [0.25, 0.3) is 0 Å². The number of rotatable bonds is 2. The number of terminal acetylenes is 1. The lowest BCUT2D eigenvalue weighted by Crippen LogP contribution is -2.00. The van der Waals surface area contributed by atoms with E-state index >= 15 is 0 Å². The molecule has 4 rings (SSSR count). The van der Waals surface area contributed by atoms with Gasteiger partial charge in [-0.2, -0.15) is 0 Å². The van der Waals surface area contributed by atoms with Crippen molar-refractivity contribution < 1.29 is 4.74 Å². The van der Waals surface area contributed by atoms with Gasteiger partial charge in [0.2, 0.25) is 0 Å². The molecular weight excluding hydrogens is 306 g/mol. The van der Waals surface area contributed by atoms with Crippen molar-refractivity contribution in [3.05, 3.63) is 63.5 Å². The van der Waals surface area contributed by atoms with Crippen molar-refractivity contribution in [2.24, 2.45) is 0 Å². The summed E-state index contributed by atoms with van der Waals surface area (Å²) in [5, 5.41) is 9.48. The summed E-state index contributed by atoms with van der Waals surface area (Å²) in [5.74, 6) is 4.54. The lowest BCUT2D eigenvalue weighted by molar-refractivity contribution is 0.104. The molecule has 0 amide bonds. The standard InChI is InChI=1S/C18H15N3OS/c1-3-16-14(9-13-7-5-4-6-8-13)15-10-22-11-17-20-19-12(2)21(17)18(15)23-16/h1,4-8H,9-11H2,2H3. The Morgan fingerprint density at radius 3 is 2.87 bits per heavy atom. The number of hydrogen-bond donors (Lipinski definition) is 0. The van der Waals surface area contributed by atoms with Crippen molar-refractivity contribution in [3.63, 3.8) is 0 Å². The molecule has 0 bridgehead atoms.